The van der Waals surface area contributed by atoms with E-state index in [-0.39, 0.29) is 69.0 Å². The van der Waals surface area contributed by atoms with Crippen molar-refractivity contribution in [1.29, 1.82) is 0 Å². The van der Waals surface area contributed by atoms with Gasteiger partial charge in [-0.2, -0.15) is 15.0 Å². The van der Waals surface area contributed by atoms with Gasteiger partial charge in [-0.15, -0.1) is 0 Å². The molecule has 5 heterocycles. The van der Waals surface area contributed by atoms with Crippen LogP contribution in [-0.4, -0.2) is 118 Å². The Morgan fingerprint density at radius 2 is 1.21 bits per heavy atom. The van der Waals surface area contributed by atoms with Crippen LogP contribution in [-0.2, 0) is 0 Å². The second-order valence-corrected chi connectivity index (χ2v) is 12.7. The van der Waals surface area contributed by atoms with Gasteiger partial charge in [0.15, 0.2) is 56.9 Å². The van der Waals surface area contributed by atoms with Crippen LogP contribution in [0.5, 0.6) is 0 Å². The molecule has 5 rings (SSSR count). The normalized spacial score (nSPS) is 16.1. The Morgan fingerprint density at radius 1 is 0.731 bits per heavy atom. The number of aliphatic imine (C=N–C) groups is 2. The van der Waals surface area contributed by atoms with Gasteiger partial charge in [-0.1, -0.05) is 23.2 Å². The highest BCUT2D eigenvalue weighted by Gasteiger charge is 2.27. The third-order valence-corrected chi connectivity index (χ3v) is 8.68. The number of nitrogens with one attached hydrogen (secondary N) is 3. The molecule has 3 aromatic heterocycles. The summed E-state index contributed by atoms with van der Waals surface area (Å²) in [5.41, 5.74) is 28.4. The van der Waals surface area contributed by atoms with Crippen LogP contribution in [0.4, 0.5) is 41.1 Å². The summed E-state index contributed by atoms with van der Waals surface area (Å²) >= 11 is 11.8. The van der Waals surface area contributed by atoms with Crippen molar-refractivity contribution in [2.75, 3.05) is 85.0 Å². The third-order valence-electron chi connectivity index (χ3n) is 8.12. The van der Waals surface area contributed by atoms with Gasteiger partial charge in [0, 0.05) is 53.4 Å². The molecule has 0 bridgehead atoms. The molecule has 2 saturated heterocycles. The minimum atomic E-state index is -0.703. The van der Waals surface area contributed by atoms with E-state index in [2.05, 4.69) is 55.7 Å². The van der Waals surface area contributed by atoms with E-state index >= 15 is 0 Å². The van der Waals surface area contributed by atoms with E-state index < -0.39 is 11.8 Å². The van der Waals surface area contributed by atoms with Gasteiger partial charge in [0.25, 0.3) is 11.8 Å². The molecule has 3 aromatic rings. The summed E-state index contributed by atoms with van der Waals surface area (Å²) in [5.74, 6) is -0.0393. The van der Waals surface area contributed by atoms with Crippen LogP contribution in [0.3, 0.4) is 0 Å². The van der Waals surface area contributed by atoms with Crippen LogP contribution in [0.25, 0.3) is 0 Å². The number of guanidine groups is 2. The lowest BCUT2D eigenvalue weighted by atomic mass is 10.1. The summed E-state index contributed by atoms with van der Waals surface area (Å²) in [6.07, 6.45) is 2.66. The molecule has 0 spiro atoms. The van der Waals surface area contributed by atoms with Crippen LogP contribution in [0.1, 0.15) is 46.7 Å². The zero-order valence-electron chi connectivity index (χ0n) is 28.6. The van der Waals surface area contributed by atoms with Crippen molar-refractivity contribution in [3.63, 3.8) is 0 Å². The van der Waals surface area contributed by atoms with Gasteiger partial charge in [-0.3, -0.25) is 25.2 Å². The van der Waals surface area contributed by atoms with Crippen LogP contribution in [0.2, 0.25) is 10.3 Å². The predicted octanol–water partition coefficient (Wildman–Crippen LogP) is -1.16. The summed E-state index contributed by atoms with van der Waals surface area (Å²) in [6, 6.07) is -0.165. The van der Waals surface area contributed by atoms with E-state index in [9.17, 15) is 9.59 Å². The fourth-order valence-corrected chi connectivity index (χ4v) is 5.64. The molecule has 278 valence electrons. The molecular formula is C28H40Cl2N20O2. The highest BCUT2D eigenvalue weighted by molar-refractivity contribution is 6.32. The number of halogens is 2. The molecule has 24 heteroatoms. The molecule has 0 aliphatic carbocycles. The van der Waals surface area contributed by atoms with Crippen molar-refractivity contribution >= 4 is 88.1 Å². The molecule has 0 radical (unpaired) electrons. The summed E-state index contributed by atoms with van der Waals surface area (Å²) in [6.45, 7) is 2.45. The molecule has 0 atom stereocenters. The molecule has 0 aromatic carbocycles. The third kappa shape index (κ3) is 8.93. The zero-order chi connectivity index (χ0) is 37.7. The minimum absolute atomic E-state index is 0.00491. The first-order valence-electron chi connectivity index (χ1n) is 16.0. The first kappa shape index (κ1) is 37.5. The van der Waals surface area contributed by atoms with Crippen LogP contribution < -0.4 is 59.3 Å². The van der Waals surface area contributed by atoms with E-state index in [1.165, 1.54) is 0 Å². The van der Waals surface area contributed by atoms with Crippen LogP contribution >= 0.6 is 23.2 Å². The van der Waals surface area contributed by atoms with Crippen LogP contribution in [0, 0.1) is 0 Å². The summed E-state index contributed by atoms with van der Waals surface area (Å²) in [7, 11) is 5.28. The lowest BCUT2D eigenvalue weighted by Crippen LogP contribution is -2.50. The smallest absolute Gasteiger partial charge is 0.280 e. The van der Waals surface area contributed by atoms with E-state index in [1.807, 2.05) is 19.0 Å². The average molecular weight is 760 g/mol. The molecule has 2 fully saturated rings. The lowest BCUT2D eigenvalue weighted by molar-refractivity contribution is 0.0963. The summed E-state index contributed by atoms with van der Waals surface area (Å²) < 4.78 is 0. The van der Waals surface area contributed by atoms with Crippen molar-refractivity contribution in [2.45, 2.75) is 37.8 Å². The first-order chi connectivity index (χ1) is 24.7. The number of amides is 2. The highest BCUT2D eigenvalue weighted by Crippen LogP contribution is 2.25. The van der Waals surface area contributed by atoms with Gasteiger partial charge in [0.2, 0.25) is 17.8 Å². The van der Waals surface area contributed by atoms with Gasteiger partial charge in [0.05, 0.1) is 6.04 Å². The Kier molecular flexibility index (Phi) is 11.6. The maximum absolute atomic E-state index is 12.8. The molecule has 0 unspecified atom stereocenters. The number of nitrogens with zero attached hydrogens (tertiary/aromatic N) is 12. The molecular weight excluding hydrogens is 719 g/mol. The molecule has 2 aliphatic heterocycles. The molecule has 0 saturated carbocycles. The Bertz CT molecular complexity index is 1870. The molecule has 13 N–H and O–H groups in total. The number of nitrogen functional groups attached to an aromatic ring is 4. The highest BCUT2D eigenvalue weighted by atomic mass is 35.5. The van der Waals surface area contributed by atoms with Gasteiger partial charge in [-0.25, -0.2) is 24.9 Å². The number of piperidine rings is 2. The molecule has 22 nitrogen and oxygen atoms in total. The summed E-state index contributed by atoms with van der Waals surface area (Å²) in [4.78, 5) is 69.8. The fourth-order valence-electron chi connectivity index (χ4n) is 5.38. The number of hydrogen-bond donors (Lipinski definition) is 8. The average Bonchev–Trinajstić information content (AvgIpc) is 3.11. The molecule has 2 amide bonds. The monoisotopic (exact) mass is 758 g/mol. The van der Waals surface area contributed by atoms with Gasteiger partial charge in [-0.05, 0) is 25.7 Å². The Morgan fingerprint density at radius 3 is 1.69 bits per heavy atom. The maximum Gasteiger partial charge on any atom is 0.280 e. The van der Waals surface area contributed by atoms with E-state index in [1.54, 1.807) is 7.05 Å². The first-order valence-corrected chi connectivity index (χ1v) is 16.8. The van der Waals surface area contributed by atoms with Crippen molar-refractivity contribution in [1.82, 2.24) is 50.8 Å². The second kappa shape index (κ2) is 16.1. The van der Waals surface area contributed by atoms with E-state index in [0.29, 0.717) is 69.7 Å². The van der Waals surface area contributed by atoms with E-state index in [0.717, 1.165) is 0 Å². The standard InChI is InChI=1S/C28H40Cl2N20O2/c1-36-25(44-23(52)15-19(32)42-21(34)17(30)40-15)38-13-6-10-50(11-7-13)28-46-26(48(2)3)45-27(47-28)49-8-4-12(5-9-49)37-24(35)43-22(51)14-18(31)41-20(33)16(29)39-14/h12-13H,4-11H2,1-3H3,(H4,31,33,41)(H4,32,34,42)(H3,35,37,43,51)(H2,36,38,44,52). The van der Waals surface area contributed by atoms with Crippen LogP contribution in [0.15, 0.2) is 9.98 Å². The largest absolute Gasteiger partial charge is 0.382 e. The van der Waals surface area contributed by atoms with Crippen molar-refractivity contribution < 1.29 is 9.59 Å². The van der Waals surface area contributed by atoms with E-state index in [4.69, 9.17) is 66.8 Å². The fraction of sp³-hybridized carbons (Fsp3) is 0.464. The molecule has 2 aliphatic rings. The number of carbonyl (C=O) groups excluding carboxylic acids is 2. The second-order valence-electron chi connectivity index (χ2n) is 12.0. The topological polar surface area (TPSA) is 325 Å². The number of aromatic nitrogens is 7. The maximum atomic E-state index is 12.8. The summed E-state index contributed by atoms with van der Waals surface area (Å²) in [5, 5.41) is 8.14. The minimum Gasteiger partial charge on any atom is -0.382 e. The number of hydrogen-bond acceptors (Lipinski definition) is 18. The number of anilines is 7. The number of rotatable bonds is 7. The quantitative estimate of drug-likeness (QED) is 0.104. The SMILES string of the molecule is CN=C(NC(=O)c1nc(Cl)c(N)nc1N)NC1CCN(c2nc(N(C)C)nc(N3CCC(N=C(N)NC(=O)c4nc(Cl)c(N)nc4N)CC3)n2)CC1. The van der Waals surface area contributed by atoms with Crippen molar-refractivity contribution in [2.24, 2.45) is 15.7 Å². The van der Waals surface area contributed by atoms with Gasteiger partial charge < -0.3 is 48.7 Å². The lowest BCUT2D eigenvalue weighted by Gasteiger charge is -2.34. The van der Waals surface area contributed by atoms with Gasteiger partial charge in [0.1, 0.15) is 0 Å². The number of nitrogens with two attached hydrogens (primary N) is 5. The van der Waals surface area contributed by atoms with Crippen molar-refractivity contribution in [3.8, 4) is 0 Å². The van der Waals surface area contributed by atoms with Gasteiger partial charge >= 0.3 is 0 Å². The Hall–Kier alpha value is -5.77. The Balaban J connectivity index is 1.17. The zero-order valence-corrected chi connectivity index (χ0v) is 30.1. The Labute approximate surface area is 308 Å². The number of carbonyl (C=O) groups is 2. The van der Waals surface area contributed by atoms with Crippen molar-refractivity contribution in [3.05, 3.63) is 21.7 Å². The predicted molar refractivity (Wildman–Crippen MR) is 199 cm³/mol. The molecule has 52 heavy (non-hydrogen) atoms.